The molecule has 2 N–H and O–H groups in total. The van der Waals surface area contributed by atoms with Crippen LogP contribution >= 0.6 is 0 Å². The number of benzene rings is 1. The van der Waals surface area contributed by atoms with Crippen LogP contribution in [0.2, 0.25) is 0 Å². The van der Waals surface area contributed by atoms with Gasteiger partial charge in [-0.25, -0.2) is 9.78 Å². The summed E-state index contributed by atoms with van der Waals surface area (Å²) in [6, 6.07) is 6.05. The zero-order valence-corrected chi connectivity index (χ0v) is 14.2. The number of rotatable bonds is 5. The molecule has 0 aliphatic rings. The number of nitrogens with one attached hydrogen (secondary N) is 1. The summed E-state index contributed by atoms with van der Waals surface area (Å²) in [5.41, 5.74) is 2.55. The Morgan fingerprint density at radius 1 is 1.43 bits per heavy atom. The van der Waals surface area contributed by atoms with Crippen LogP contribution < -0.4 is 10.8 Å². The lowest BCUT2D eigenvalue weighted by molar-refractivity contribution is 0.0528. The largest absolute Gasteiger partial charge is 0.444 e. The lowest BCUT2D eigenvalue weighted by atomic mass is 9.96. The fourth-order valence-electron chi connectivity index (χ4n) is 2.41. The van der Waals surface area contributed by atoms with E-state index in [1.807, 2.05) is 45.3 Å². The highest BCUT2D eigenvalue weighted by Crippen LogP contribution is 2.15. The highest BCUT2D eigenvalue weighted by molar-refractivity contribution is 6.33. The first-order valence-corrected chi connectivity index (χ1v) is 7.83. The number of hydrogen-bond donors (Lipinski definition) is 2. The van der Waals surface area contributed by atoms with Gasteiger partial charge in [0.2, 0.25) is 0 Å². The highest BCUT2D eigenvalue weighted by Gasteiger charge is 2.16. The number of fused-ring (bicyclic) bond motifs is 1. The van der Waals surface area contributed by atoms with E-state index in [2.05, 4.69) is 16.4 Å². The summed E-state index contributed by atoms with van der Waals surface area (Å²) < 4.78 is 7.21. The summed E-state index contributed by atoms with van der Waals surface area (Å²) in [6.07, 6.45) is 0.144. The quantitative estimate of drug-likeness (QED) is 0.781. The minimum atomic E-state index is -0.508. The zero-order valence-electron chi connectivity index (χ0n) is 14.2. The summed E-state index contributed by atoms with van der Waals surface area (Å²) in [7, 11) is 2.03. The number of nitrogens with zero attached hydrogens (tertiary/aromatic N) is 2. The number of ether oxygens (including phenoxy) is 1. The molecule has 0 fully saturated rings. The number of carbonyl (C=O) groups is 1. The van der Waals surface area contributed by atoms with Crippen LogP contribution in [0.4, 0.5) is 4.79 Å². The Balaban J connectivity index is 2.07. The lowest BCUT2D eigenvalue weighted by Crippen LogP contribution is -2.33. The molecule has 6 nitrogen and oxygen atoms in total. The average Bonchev–Trinajstić information content (AvgIpc) is 2.75. The second-order valence-corrected chi connectivity index (χ2v) is 6.57. The molecule has 1 aromatic heterocycles. The molecular weight excluding hydrogens is 293 g/mol. The monoisotopic (exact) mass is 317 g/mol. The average molecular weight is 317 g/mol. The molecule has 7 heteroatoms. The molecule has 2 aromatic rings. The molecule has 1 heterocycles. The third kappa shape index (κ3) is 4.73. The standard InChI is InChI=1S/C16H24BN3O3/c1-16(2,3)23-15(22)18-7-6-14-19-12-5-4-11(17)10-13(12)20(14)8-9-21/h4-5,10,21H,6-9,17H2,1-3H3,(H,18,22). The van der Waals surface area contributed by atoms with Gasteiger partial charge in [0, 0.05) is 19.5 Å². The van der Waals surface area contributed by atoms with Crippen LogP contribution in [0.5, 0.6) is 0 Å². The van der Waals surface area contributed by atoms with Crippen LogP contribution in [0, 0.1) is 0 Å². The van der Waals surface area contributed by atoms with Crippen molar-refractivity contribution in [1.29, 1.82) is 0 Å². The van der Waals surface area contributed by atoms with E-state index in [1.165, 1.54) is 0 Å². The van der Waals surface area contributed by atoms with Gasteiger partial charge < -0.3 is 19.7 Å². The highest BCUT2D eigenvalue weighted by atomic mass is 16.6. The molecule has 0 saturated heterocycles. The summed E-state index contributed by atoms with van der Waals surface area (Å²) >= 11 is 0. The van der Waals surface area contributed by atoms with Gasteiger partial charge in [0.05, 0.1) is 17.6 Å². The number of hydrogen-bond acceptors (Lipinski definition) is 4. The van der Waals surface area contributed by atoms with Crippen molar-refractivity contribution in [3.05, 3.63) is 24.0 Å². The molecule has 2 rings (SSSR count). The Morgan fingerprint density at radius 3 is 2.83 bits per heavy atom. The number of alkyl carbamates (subject to hydrolysis) is 1. The van der Waals surface area contributed by atoms with Crippen LogP contribution in [0.15, 0.2) is 18.2 Å². The number of carbonyl (C=O) groups excluding carboxylic acids is 1. The SMILES string of the molecule is Bc1ccc2nc(CCNC(=O)OC(C)(C)C)n(CCO)c2c1. The number of aliphatic hydroxyl groups is 1. The van der Waals surface area contributed by atoms with E-state index >= 15 is 0 Å². The summed E-state index contributed by atoms with van der Waals surface area (Å²) in [4.78, 5) is 16.3. The van der Waals surface area contributed by atoms with Gasteiger partial charge in [-0.05, 0) is 32.9 Å². The van der Waals surface area contributed by atoms with Crippen LogP contribution in [0.1, 0.15) is 26.6 Å². The fourth-order valence-corrected chi connectivity index (χ4v) is 2.41. The Bertz CT molecular complexity index is 692. The molecule has 124 valence electrons. The van der Waals surface area contributed by atoms with Gasteiger partial charge in [-0.1, -0.05) is 11.5 Å². The van der Waals surface area contributed by atoms with Crippen molar-refractivity contribution in [1.82, 2.24) is 14.9 Å². The van der Waals surface area contributed by atoms with Crippen LogP contribution in [-0.4, -0.2) is 47.3 Å². The fraction of sp³-hybridized carbons (Fsp3) is 0.500. The van der Waals surface area contributed by atoms with Crippen molar-refractivity contribution >= 4 is 30.4 Å². The topological polar surface area (TPSA) is 76.4 Å². The van der Waals surface area contributed by atoms with Crippen molar-refractivity contribution in [2.75, 3.05) is 13.2 Å². The molecule has 1 aromatic carbocycles. The maximum Gasteiger partial charge on any atom is 0.407 e. The van der Waals surface area contributed by atoms with E-state index in [0.717, 1.165) is 22.3 Å². The van der Waals surface area contributed by atoms with Crippen molar-refractivity contribution < 1.29 is 14.6 Å². The Kier molecular flexibility index (Phi) is 5.31. The molecule has 0 radical (unpaired) electrons. The molecule has 1 amide bonds. The number of aromatic nitrogens is 2. The minimum Gasteiger partial charge on any atom is -0.444 e. The smallest absolute Gasteiger partial charge is 0.407 e. The molecule has 0 saturated carbocycles. The van der Waals surface area contributed by atoms with Gasteiger partial charge >= 0.3 is 6.09 Å². The molecule has 0 spiro atoms. The van der Waals surface area contributed by atoms with Gasteiger partial charge in [-0.2, -0.15) is 0 Å². The minimum absolute atomic E-state index is 0.0475. The Labute approximate surface area is 137 Å². The Hall–Kier alpha value is -2.02. The molecular formula is C16H24BN3O3. The third-order valence-corrected chi connectivity index (χ3v) is 3.32. The predicted molar refractivity (Wildman–Crippen MR) is 92.9 cm³/mol. The van der Waals surface area contributed by atoms with Crippen molar-refractivity contribution in [2.45, 2.75) is 39.3 Å². The maximum absolute atomic E-state index is 11.7. The van der Waals surface area contributed by atoms with E-state index < -0.39 is 11.7 Å². The normalized spacial score (nSPS) is 11.7. The van der Waals surface area contributed by atoms with E-state index in [1.54, 1.807) is 0 Å². The van der Waals surface area contributed by atoms with Gasteiger partial charge in [0.1, 0.15) is 19.3 Å². The summed E-state index contributed by atoms with van der Waals surface area (Å²) in [6.45, 7) is 6.46. The van der Waals surface area contributed by atoms with Gasteiger partial charge in [0.25, 0.3) is 0 Å². The molecule has 0 bridgehead atoms. The summed E-state index contributed by atoms with van der Waals surface area (Å²) in [5, 5.41) is 12.0. The van der Waals surface area contributed by atoms with Crippen LogP contribution in [0.3, 0.4) is 0 Å². The van der Waals surface area contributed by atoms with Gasteiger partial charge in [0.15, 0.2) is 0 Å². The first-order chi connectivity index (χ1) is 10.8. The molecule has 0 aliphatic carbocycles. The second kappa shape index (κ2) is 7.04. The van der Waals surface area contributed by atoms with E-state index in [9.17, 15) is 9.90 Å². The van der Waals surface area contributed by atoms with E-state index in [-0.39, 0.29) is 6.61 Å². The van der Waals surface area contributed by atoms with Crippen LogP contribution in [0.25, 0.3) is 11.0 Å². The van der Waals surface area contributed by atoms with Crippen molar-refractivity contribution in [3.63, 3.8) is 0 Å². The van der Waals surface area contributed by atoms with Gasteiger partial charge in [-0.3, -0.25) is 0 Å². The van der Waals surface area contributed by atoms with Crippen molar-refractivity contribution in [3.8, 4) is 0 Å². The second-order valence-electron chi connectivity index (χ2n) is 6.57. The Morgan fingerprint density at radius 2 is 2.17 bits per heavy atom. The lowest BCUT2D eigenvalue weighted by Gasteiger charge is -2.19. The number of amides is 1. The first kappa shape index (κ1) is 17.3. The van der Waals surface area contributed by atoms with Crippen LogP contribution in [-0.2, 0) is 17.7 Å². The maximum atomic E-state index is 11.7. The molecule has 23 heavy (non-hydrogen) atoms. The molecule has 0 aliphatic heterocycles. The number of imidazole rings is 1. The predicted octanol–water partition coefficient (Wildman–Crippen LogP) is 0.354. The van der Waals surface area contributed by atoms with E-state index in [4.69, 9.17) is 4.74 Å². The van der Waals surface area contributed by atoms with Gasteiger partial charge in [-0.15, -0.1) is 0 Å². The first-order valence-electron chi connectivity index (χ1n) is 7.83. The van der Waals surface area contributed by atoms with Crippen molar-refractivity contribution in [2.24, 2.45) is 0 Å². The third-order valence-electron chi connectivity index (χ3n) is 3.32. The summed E-state index contributed by atoms with van der Waals surface area (Å²) in [5.74, 6) is 0.843. The molecule has 0 atom stereocenters. The number of aliphatic hydroxyl groups excluding tert-OH is 1. The van der Waals surface area contributed by atoms with E-state index in [0.29, 0.717) is 19.5 Å². The zero-order chi connectivity index (χ0) is 17.0. The molecule has 0 unspecified atom stereocenters.